The van der Waals surface area contributed by atoms with Crippen molar-refractivity contribution in [1.82, 2.24) is 10.6 Å². The summed E-state index contributed by atoms with van der Waals surface area (Å²) in [5, 5.41) is 4.93. The highest BCUT2D eigenvalue weighted by atomic mass is 79.9. The molecule has 1 aromatic carbocycles. The molecule has 0 atom stereocenters. The summed E-state index contributed by atoms with van der Waals surface area (Å²) in [5.41, 5.74) is 0.314. The molecular formula is C18H17BrN2O5. The van der Waals surface area contributed by atoms with Crippen LogP contribution >= 0.6 is 15.9 Å². The van der Waals surface area contributed by atoms with E-state index in [2.05, 4.69) is 26.6 Å². The summed E-state index contributed by atoms with van der Waals surface area (Å²) in [6, 6.07) is 9.93. The Morgan fingerprint density at radius 2 is 1.92 bits per heavy atom. The van der Waals surface area contributed by atoms with E-state index in [0.717, 1.165) is 4.47 Å². The number of ether oxygens (including phenoxy) is 1. The van der Waals surface area contributed by atoms with Crippen molar-refractivity contribution in [2.45, 2.75) is 6.92 Å². The van der Waals surface area contributed by atoms with Crippen molar-refractivity contribution in [3.8, 4) is 0 Å². The van der Waals surface area contributed by atoms with Gasteiger partial charge >= 0.3 is 5.97 Å². The molecule has 0 aliphatic rings. The zero-order valence-corrected chi connectivity index (χ0v) is 15.5. The first kappa shape index (κ1) is 19.5. The SMILES string of the molecule is CCOC(=O)CNC(=O)/C(=C\c1ccco1)NC(=O)c1ccc(Br)cc1. The Kier molecular flexibility index (Phi) is 7.16. The number of furan rings is 1. The van der Waals surface area contributed by atoms with Gasteiger partial charge < -0.3 is 19.8 Å². The number of hydrogen-bond acceptors (Lipinski definition) is 5. The van der Waals surface area contributed by atoms with E-state index in [9.17, 15) is 14.4 Å². The lowest BCUT2D eigenvalue weighted by molar-refractivity contribution is -0.143. The smallest absolute Gasteiger partial charge is 0.325 e. The minimum Gasteiger partial charge on any atom is -0.465 e. The third-order valence-corrected chi connectivity index (χ3v) is 3.66. The second-order valence-corrected chi connectivity index (χ2v) is 5.94. The highest BCUT2D eigenvalue weighted by Crippen LogP contribution is 2.12. The Hall–Kier alpha value is -2.87. The first-order valence-electron chi connectivity index (χ1n) is 7.75. The van der Waals surface area contributed by atoms with E-state index in [-0.39, 0.29) is 18.8 Å². The number of esters is 1. The van der Waals surface area contributed by atoms with Crippen molar-refractivity contribution >= 4 is 39.8 Å². The topological polar surface area (TPSA) is 97.6 Å². The molecule has 26 heavy (non-hydrogen) atoms. The summed E-state index contributed by atoms with van der Waals surface area (Å²) >= 11 is 3.29. The largest absolute Gasteiger partial charge is 0.465 e. The second-order valence-electron chi connectivity index (χ2n) is 5.02. The van der Waals surface area contributed by atoms with Gasteiger partial charge in [-0.3, -0.25) is 14.4 Å². The molecule has 1 heterocycles. The Balaban J connectivity index is 2.13. The van der Waals surface area contributed by atoms with Crippen molar-refractivity contribution in [2.75, 3.05) is 13.2 Å². The number of rotatable bonds is 7. The van der Waals surface area contributed by atoms with Crippen molar-refractivity contribution in [1.29, 1.82) is 0 Å². The first-order valence-corrected chi connectivity index (χ1v) is 8.55. The van der Waals surface area contributed by atoms with E-state index in [1.54, 1.807) is 43.3 Å². The van der Waals surface area contributed by atoms with Crippen LogP contribution in [0.2, 0.25) is 0 Å². The molecule has 0 aliphatic heterocycles. The zero-order valence-electron chi connectivity index (χ0n) is 14.0. The number of nitrogens with one attached hydrogen (secondary N) is 2. The van der Waals surface area contributed by atoms with Gasteiger partial charge in [0.25, 0.3) is 11.8 Å². The fourth-order valence-electron chi connectivity index (χ4n) is 1.93. The van der Waals surface area contributed by atoms with Gasteiger partial charge in [-0.25, -0.2) is 0 Å². The average Bonchev–Trinajstić information content (AvgIpc) is 3.13. The van der Waals surface area contributed by atoms with Gasteiger partial charge in [-0.2, -0.15) is 0 Å². The molecule has 0 bridgehead atoms. The summed E-state index contributed by atoms with van der Waals surface area (Å²) < 4.78 is 10.8. The van der Waals surface area contributed by atoms with E-state index in [0.29, 0.717) is 11.3 Å². The molecule has 0 spiro atoms. The van der Waals surface area contributed by atoms with Crippen molar-refractivity contribution in [3.05, 3.63) is 64.2 Å². The van der Waals surface area contributed by atoms with Gasteiger partial charge in [0.2, 0.25) is 0 Å². The molecule has 2 rings (SSSR count). The standard InChI is InChI=1S/C18H17BrN2O5/c1-2-25-16(22)11-20-18(24)15(10-14-4-3-9-26-14)21-17(23)12-5-7-13(19)8-6-12/h3-10H,2,11H2,1H3,(H,20,24)(H,21,23)/b15-10+. The highest BCUT2D eigenvalue weighted by molar-refractivity contribution is 9.10. The van der Waals surface area contributed by atoms with Crippen LogP contribution in [0.15, 0.2) is 57.2 Å². The van der Waals surface area contributed by atoms with E-state index < -0.39 is 17.8 Å². The predicted octanol–water partition coefficient (Wildman–Crippen LogP) is 2.49. The quantitative estimate of drug-likeness (QED) is 0.529. The zero-order chi connectivity index (χ0) is 18.9. The van der Waals surface area contributed by atoms with E-state index in [1.807, 2.05) is 0 Å². The normalized spacial score (nSPS) is 10.9. The lowest BCUT2D eigenvalue weighted by atomic mass is 10.2. The third kappa shape index (κ3) is 5.89. The number of carbonyl (C=O) groups excluding carboxylic acids is 3. The van der Waals surface area contributed by atoms with Crippen LogP contribution in [-0.2, 0) is 14.3 Å². The monoisotopic (exact) mass is 420 g/mol. The summed E-state index contributed by atoms with van der Waals surface area (Å²) in [4.78, 5) is 36.1. The maximum atomic E-state index is 12.4. The van der Waals surface area contributed by atoms with Crippen LogP contribution in [0.3, 0.4) is 0 Å². The molecule has 2 aromatic rings. The molecule has 0 aliphatic carbocycles. The fraction of sp³-hybridized carbons (Fsp3) is 0.167. The summed E-state index contributed by atoms with van der Waals surface area (Å²) in [5.74, 6) is -1.30. The Morgan fingerprint density at radius 1 is 1.19 bits per heavy atom. The molecule has 2 amide bonds. The molecule has 8 heteroatoms. The van der Waals surface area contributed by atoms with Crippen LogP contribution in [0.25, 0.3) is 6.08 Å². The van der Waals surface area contributed by atoms with Crippen LogP contribution in [0, 0.1) is 0 Å². The molecule has 1 aromatic heterocycles. The molecular weight excluding hydrogens is 404 g/mol. The van der Waals surface area contributed by atoms with Crippen LogP contribution < -0.4 is 10.6 Å². The van der Waals surface area contributed by atoms with Gasteiger partial charge in [0.15, 0.2) is 0 Å². The van der Waals surface area contributed by atoms with Crippen molar-refractivity contribution < 1.29 is 23.5 Å². The van der Waals surface area contributed by atoms with Crippen molar-refractivity contribution in [3.63, 3.8) is 0 Å². The minimum absolute atomic E-state index is 0.0582. The third-order valence-electron chi connectivity index (χ3n) is 3.13. The first-order chi connectivity index (χ1) is 12.5. The molecule has 2 N–H and O–H groups in total. The number of halogens is 1. The molecule has 136 valence electrons. The molecule has 7 nitrogen and oxygen atoms in total. The Bertz CT molecular complexity index is 797. The molecule has 0 saturated carbocycles. The van der Waals surface area contributed by atoms with Gasteiger partial charge in [-0.15, -0.1) is 0 Å². The van der Waals surface area contributed by atoms with Crippen LogP contribution in [0.1, 0.15) is 23.0 Å². The lowest BCUT2D eigenvalue weighted by Crippen LogP contribution is -2.37. The number of carbonyl (C=O) groups is 3. The van der Waals surface area contributed by atoms with Gasteiger partial charge in [-0.05, 0) is 43.3 Å². The average molecular weight is 421 g/mol. The minimum atomic E-state index is -0.639. The predicted molar refractivity (Wildman–Crippen MR) is 97.9 cm³/mol. The summed E-state index contributed by atoms with van der Waals surface area (Å²) in [7, 11) is 0. The molecule has 0 radical (unpaired) electrons. The van der Waals surface area contributed by atoms with Crippen molar-refractivity contribution in [2.24, 2.45) is 0 Å². The summed E-state index contributed by atoms with van der Waals surface area (Å²) in [6.45, 7) is 1.57. The van der Waals surface area contributed by atoms with Gasteiger partial charge in [0.1, 0.15) is 18.0 Å². The van der Waals surface area contributed by atoms with E-state index in [4.69, 9.17) is 9.15 Å². The lowest BCUT2D eigenvalue weighted by Gasteiger charge is -2.10. The number of hydrogen-bond donors (Lipinski definition) is 2. The maximum absolute atomic E-state index is 12.4. The second kappa shape index (κ2) is 9.57. The van der Waals surface area contributed by atoms with Gasteiger partial charge in [0, 0.05) is 16.1 Å². The summed E-state index contributed by atoms with van der Waals surface area (Å²) in [6.07, 6.45) is 2.81. The molecule has 0 fully saturated rings. The molecule has 0 unspecified atom stereocenters. The van der Waals surface area contributed by atoms with Gasteiger partial charge in [-0.1, -0.05) is 15.9 Å². The van der Waals surface area contributed by atoms with Crippen LogP contribution in [0.5, 0.6) is 0 Å². The van der Waals surface area contributed by atoms with Crippen LogP contribution in [0.4, 0.5) is 0 Å². The van der Waals surface area contributed by atoms with E-state index >= 15 is 0 Å². The maximum Gasteiger partial charge on any atom is 0.325 e. The van der Waals surface area contributed by atoms with Gasteiger partial charge in [0.05, 0.1) is 12.9 Å². The van der Waals surface area contributed by atoms with E-state index in [1.165, 1.54) is 12.3 Å². The number of benzene rings is 1. The number of amides is 2. The molecule has 0 saturated heterocycles. The Labute approximate surface area is 158 Å². The fourth-order valence-corrected chi connectivity index (χ4v) is 2.19. The Morgan fingerprint density at radius 3 is 2.54 bits per heavy atom. The highest BCUT2D eigenvalue weighted by Gasteiger charge is 2.16. The van der Waals surface area contributed by atoms with Crippen LogP contribution in [-0.4, -0.2) is 30.9 Å².